The van der Waals surface area contributed by atoms with E-state index in [1.165, 1.54) is 0 Å². The van der Waals surface area contributed by atoms with Gasteiger partial charge in [-0.3, -0.25) is 9.59 Å². The fourth-order valence-corrected chi connectivity index (χ4v) is 2.43. The molecule has 18 heavy (non-hydrogen) atoms. The summed E-state index contributed by atoms with van der Waals surface area (Å²) in [4.78, 5) is 22.6. The van der Waals surface area contributed by atoms with Gasteiger partial charge in [-0.05, 0) is 25.0 Å². The van der Waals surface area contributed by atoms with Crippen molar-refractivity contribution in [1.82, 2.24) is 10.6 Å². The predicted molar refractivity (Wildman–Crippen MR) is 69.2 cm³/mol. The van der Waals surface area contributed by atoms with E-state index in [1.54, 1.807) is 12.1 Å². The van der Waals surface area contributed by atoms with E-state index in [0.717, 1.165) is 32.1 Å². The van der Waals surface area contributed by atoms with E-state index in [-0.39, 0.29) is 18.0 Å². The second-order valence-corrected chi connectivity index (χ2v) is 4.62. The highest BCUT2D eigenvalue weighted by molar-refractivity contribution is 5.94. The molecule has 2 N–H and O–H groups in total. The molecule has 1 saturated carbocycles. The van der Waals surface area contributed by atoms with Crippen LogP contribution in [-0.4, -0.2) is 24.4 Å². The zero-order valence-electron chi connectivity index (χ0n) is 10.3. The molecule has 1 aromatic rings. The van der Waals surface area contributed by atoms with Crippen LogP contribution in [0, 0.1) is 0 Å². The van der Waals surface area contributed by atoms with Crippen molar-refractivity contribution in [3.63, 3.8) is 0 Å². The lowest BCUT2D eigenvalue weighted by Crippen LogP contribution is -2.51. The van der Waals surface area contributed by atoms with Gasteiger partial charge in [0.05, 0.1) is 0 Å². The smallest absolute Gasteiger partial charge is 0.251 e. The summed E-state index contributed by atoms with van der Waals surface area (Å²) in [7, 11) is 0. The van der Waals surface area contributed by atoms with Crippen LogP contribution in [0.15, 0.2) is 30.3 Å². The molecule has 96 valence electrons. The van der Waals surface area contributed by atoms with E-state index < -0.39 is 0 Å². The van der Waals surface area contributed by atoms with Gasteiger partial charge in [-0.25, -0.2) is 0 Å². The summed E-state index contributed by atoms with van der Waals surface area (Å²) in [5.41, 5.74) is 0.660. The third-order valence-corrected chi connectivity index (χ3v) is 3.40. The molecule has 2 amide bonds. The van der Waals surface area contributed by atoms with Crippen molar-refractivity contribution in [3.8, 4) is 0 Å². The van der Waals surface area contributed by atoms with Gasteiger partial charge in [-0.15, -0.1) is 0 Å². The minimum absolute atomic E-state index is 0.0386. The first-order valence-electron chi connectivity index (χ1n) is 6.37. The van der Waals surface area contributed by atoms with Crippen LogP contribution in [0.1, 0.15) is 36.0 Å². The van der Waals surface area contributed by atoms with Gasteiger partial charge in [0.25, 0.3) is 5.91 Å². The average molecular weight is 246 g/mol. The van der Waals surface area contributed by atoms with E-state index in [0.29, 0.717) is 5.56 Å². The van der Waals surface area contributed by atoms with E-state index >= 15 is 0 Å². The second-order valence-electron chi connectivity index (χ2n) is 4.62. The third kappa shape index (κ3) is 3.09. The van der Waals surface area contributed by atoms with Crippen LogP contribution in [-0.2, 0) is 4.79 Å². The fourth-order valence-electron chi connectivity index (χ4n) is 2.43. The van der Waals surface area contributed by atoms with Gasteiger partial charge >= 0.3 is 0 Å². The zero-order valence-corrected chi connectivity index (χ0v) is 10.3. The van der Waals surface area contributed by atoms with Crippen LogP contribution >= 0.6 is 0 Å². The molecule has 1 fully saturated rings. The Morgan fingerprint density at radius 1 is 1.11 bits per heavy atom. The molecule has 2 atom stereocenters. The highest BCUT2D eigenvalue weighted by Gasteiger charge is 2.26. The summed E-state index contributed by atoms with van der Waals surface area (Å²) in [6.45, 7) is 0. The quantitative estimate of drug-likeness (QED) is 0.790. The van der Waals surface area contributed by atoms with Crippen molar-refractivity contribution in [2.45, 2.75) is 37.8 Å². The minimum Gasteiger partial charge on any atom is -0.354 e. The van der Waals surface area contributed by atoms with Crippen LogP contribution < -0.4 is 10.6 Å². The maximum absolute atomic E-state index is 12.0. The lowest BCUT2D eigenvalue weighted by atomic mass is 9.90. The van der Waals surface area contributed by atoms with Crippen LogP contribution in [0.4, 0.5) is 0 Å². The van der Waals surface area contributed by atoms with Crippen LogP contribution in [0.5, 0.6) is 0 Å². The number of carbonyl (C=O) groups is 2. The first kappa shape index (κ1) is 12.6. The molecular formula is C14H18N2O2. The summed E-state index contributed by atoms with van der Waals surface area (Å²) in [5.74, 6) is -0.0693. The van der Waals surface area contributed by atoms with Crippen molar-refractivity contribution < 1.29 is 9.59 Å². The Hall–Kier alpha value is -1.84. The normalized spacial score (nSPS) is 23.1. The molecular weight excluding hydrogens is 228 g/mol. The number of amides is 2. The van der Waals surface area contributed by atoms with E-state index in [9.17, 15) is 9.59 Å². The Kier molecular flexibility index (Phi) is 4.34. The number of hydrogen-bond donors (Lipinski definition) is 2. The maximum atomic E-state index is 12.0. The molecule has 4 heteroatoms. The standard InChI is InChI=1S/C14H18N2O2/c17-10-15-12-8-4-5-9-13(12)16-14(18)11-6-2-1-3-7-11/h1-3,6-7,10,12-13H,4-5,8-9H2,(H,15,17)(H,16,18)/t12-,13-/m1/s1. The van der Waals surface area contributed by atoms with Crippen molar-refractivity contribution in [3.05, 3.63) is 35.9 Å². The Morgan fingerprint density at radius 3 is 2.44 bits per heavy atom. The van der Waals surface area contributed by atoms with Crippen molar-refractivity contribution in [1.29, 1.82) is 0 Å². The highest BCUT2D eigenvalue weighted by Crippen LogP contribution is 2.18. The zero-order chi connectivity index (χ0) is 12.8. The molecule has 0 saturated heterocycles. The SMILES string of the molecule is O=CN[C@@H]1CCCC[C@H]1NC(=O)c1ccccc1. The molecule has 0 unspecified atom stereocenters. The summed E-state index contributed by atoms with van der Waals surface area (Å²) >= 11 is 0. The van der Waals surface area contributed by atoms with Crippen molar-refractivity contribution in [2.24, 2.45) is 0 Å². The maximum Gasteiger partial charge on any atom is 0.251 e. The summed E-state index contributed by atoms with van der Waals surface area (Å²) in [5, 5.41) is 5.81. The molecule has 0 spiro atoms. The van der Waals surface area contributed by atoms with Gasteiger partial charge in [0.15, 0.2) is 0 Å². The Labute approximate surface area is 107 Å². The van der Waals surface area contributed by atoms with Gasteiger partial charge in [0, 0.05) is 17.6 Å². The number of carbonyl (C=O) groups excluding carboxylic acids is 2. The van der Waals surface area contributed by atoms with Gasteiger partial charge < -0.3 is 10.6 Å². The van der Waals surface area contributed by atoms with E-state index in [2.05, 4.69) is 10.6 Å². The molecule has 0 aromatic heterocycles. The summed E-state index contributed by atoms with van der Waals surface area (Å²) < 4.78 is 0. The molecule has 4 nitrogen and oxygen atoms in total. The van der Waals surface area contributed by atoms with Crippen molar-refractivity contribution >= 4 is 12.3 Å². The minimum atomic E-state index is -0.0693. The molecule has 0 radical (unpaired) electrons. The lowest BCUT2D eigenvalue weighted by Gasteiger charge is -2.31. The number of nitrogens with one attached hydrogen (secondary N) is 2. The number of hydrogen-bond acceptors (Lipinski definition) is 2. The molecule has 0 heterocycles. The molecule has 1 aromatic carbocycles. The summed E-state index contributed by atoms with van der Waals surface area (Å²) in [6.07, 6.45) is 4.76. The Morgan fingerprint density at radius 2 is 1.78 bits per heavy atom. The van der Waals surface area contributed by atoms with E-state index in [4.69, 9.17) is 0 Å². The van der Waals surface area contributed by atoms with E-state index in [1.807, 2.05) is 18.2 Å². The Balaban J connectivity index is 1.98. The number of rotatable bonds is 4. The average Bonchev–Trinajstić information content (AvgIpc) is 2.42. The van der Waals surface area contributed by atoms with Crippen LogP contribution in [0.2, 0.25) is 0 Å². The monoisotopic (exact) mass is 246 g/mol. The largest absolute Gasteiger partial charge is 0.354 e. The van der Waals surface area contributed by atoms with Gasteiger partial charge in [0.2, 0.25) is 6.41 Å². The molecule has 0 aliphatic heterocycles. The number of benzene rings is 1. The highest BCUT2D eigenvalue weighted by atomic mass is 16.2. The lowest BCUT2D eigenvalue weighted by molar-refractivity contribution is -0.110. The first-order chi connectivity index (χ1) is 8.81. The third-order valence-electron chi connectivity index (χ3n) is 3.40. The van der Waals surface area contributed by atoms with Crippen LogP contribution in [0.25, 0.3) is 0 Å². The second kappa shape index (κ2) is 6.19. The summed E-state index contributed by atoms with van der Waals surface area (Å²) in [6, 6.07) is 9.25. The molecule has 0 bridgehead atoms. The van der Waals surface area contributed by atoms with Gasteiger partial charge in [-0.2, -0.15) is 0 Å². The van der Waals surface area contributed by atoms with Gasteiger partial charge in [0.1, 0.15) is 0 Å². The predicted octanol–water partition coefficient (Wildman–Crippen LogP) is 1.47. The molecule has 2 rings (SSSR count). The topological polar surface area (TPSA) is 58.2 Å². The van der Waals surface area contributed by atoms with Crippen molar-refractivity contribution in [2.75, 3.05) is 0 Å². The van der Waals surface area contributed by atoms with Crippen LogP contribution in [0.3, 0.4) is 0 Å². The van der Waals surface area contributed by atoms with Gasteiger partial charge in [-0.1, -0.05) is 31.0 Å². The fraction of sp³-hybridized carbons (Fsp3) is 0.429. The first-order valence-corrected chi connectivity index (χ1v) is 6.37. The molecule has 1 aliphatic rings. The molecule has 1 aliphatic carbocycles. The Bertz CT molecular complexity index is 406.